The van der Waals surface area contributed by atoms with Gasteiger partial charge in [-0.25, -0.2) is 0 Å². The van der Waals surface area contributed by atoms with Crippen molar-refractivity contribution in [3.63, 3.8) is 0 Å². The van der Waals surface area contributed by atoms with E-state index in [1.54, 1.807) is 0 Å². The number of nitrogens with zero attached hydrogens (tertiary/aromatic N) is 1. The Hall–Kier alpha value is -2.51. The highest BCUT2D eigenvalue weighted by molar-refractivity contribution is 6.06. The number of H-pyrrole nitrogens is 1. The standard InChI is InChI=1S/C11H9F3N4O/c12-11(13,14)6-1-3-7(4-2-6)17-10(19)9-8(15)5-16-18-9/h1-5H,15H2,(H,16,18)(H,17,19). The maximum absolute atomic E-state index is 12.3. The number of hydrogen-bond donors (Lipinski definition) is 3. The van der Waals surface area contributed by atoms with Gasteiger partial charge in [-0.3, -0.25) is 9.89 Å². The molecule has 8 heteroatoms. The molecule has 2 aromatic rings. The van der Waals surface area contributed by atoms with Gasteiger partial charge in [-0.15, -0.1) is 0 Å². The molecule has 2 rings (SSSR count). The molecule has 0 fully saturated rings. The summed E-state index contributed by atoms with van der Waals surface area (Å²) in [7, 11) is 0. The van der Waals surface area contributed by atoms with E-state index in [1.165, 1.54) is 6.20 Å². The molecule has 0 saturated heterocycles. The van der Waals surface area contributed by atoms with Crippen LogP contribution in [0.15, 0.2) is 30.5 Å². The first-order valence-corrected chi connectivity index (χ1v) is 5.15. The summed E-state index contributed by atoms with van der Waals surface area (Å²) >= 11 is 0. The molecule has 4 N–H and O–H groups in total. The number of hydrogen-bond acceptors (Lipinski definition) is 3. The molecule has 1 heterocycles. The number of amides is 1. The third kappa shape index (κ3) is 2.84. The molecule has 0 aliphatic heterocycles. The predicted molar refractivity (Wildman–Crippen MR) is 62.4 cm³/mol. The second-order valence-corrected chi connectivity index (χ2v) is 3.73. The summed E-state index contributed by atoms with van der Waals surface area (Å²) in [4.78, 5) is 11.7. The summed E-state index contributed by atoms with van der Waals surface area (Å²) in [6.45, 7) is 0. The van der Waals surface area contributed by atoms with Crippen LogP contribution in [0.1, 0.15) is 16.1 Å². The minimum Gasteiger partial charge on any atom is -0.396 e. The summed E-state index contributed by atoms with van der Waals surface area (Å²) in [5.41, 5.74) is 5.13. The number of rotatable bonds is 2. The van der Waals surface area contributed by atoms with E-state index in [0.717, 1.165) is 24.3 Å². The zero-order valence-electron chi connectivity index (χ0n) is 9.45. The van der Waals surface area contributed by atoms with E-state index in [1.807, 2.05) is 0 Å². The average molecular weight is 270 g/mol. The fraction of sp³-hybridized carbons (Fsp3) is 0.0909. The molecule has 0 aliphatic rings. The van der Waals surface area contributed by atoms with E-state index >= 15 is 0 Å². The number of nitrogen functional groups attached to an aromatic ring is 1. The molecule has 0 spiro atoms. The van der Waals surface area contributed by atoms with Crippen molar-refractivity contribution in [2.75, 3.05) is 11.1 Å². The van der Waals surface area contributed by atoms with Crippen LogP contribution >= 0.6 is 0 Å². The second-order valence-electron chi connectivity index (χ2n) is 3.73. The van der Waals surface area contributed by atoms with Crippen molar-refractivity contribution >= 4 is 17.3 Å². The number of anilines is 2. The molecule has 1 amide bonds. The lowest BCUT2D eigenvalue weighted by Crippen LogP contribution is -2.14. The number of carbonyl (C=O) groups is 1. The molecule has 100 valence electrons. The Morgan fingerprint density at radius 2 is 1.89 bits per heavy atom. The van der Waals surface area contributed by atoms with Gasteiger partial charge in [0.2, 0.25) is 0 Å². The van der Waals surface area contributed by atoms with Crippen molar-refractivity contribution in [1.29, 1.82) is 0 Å². The Morgan fingerprint density at radius 1 is 1.26 bits per heavy atom. The third-order valence-corrected chi connectivity index (χ3v) is 2.37. The maximum Gasteiger partial charge on any atom is 0.416 e. The Balaban J connectivity index is 2.12. The number of aromatic nitrogens is 2. The van der Waals surface area contributed by atoms with E-state index in [9.17, 15) is 18.0 Å². The Bertz CT molecular complexity index is 589. The van der Waals surface area contributed by atoms with Crippen molar-refractivity contribution in [1.82, 2.24) is 10.2 Å². The average Bonchev–Trinajstić information content (AvgIpc) is 2.75. The summed E-state index contributed by atoms with van der Waals surface area (Å²) in [5, 5.41) is 8.37. The van der Waals surface area contributed by atoms with Gasteiger partial charge in [-0.2, -0.15) is 18.3 Å². The highest BCUT2D eigenvalue weighted by Crippen LogP contribution is 2.29. The number of alkyl halides is 3. The number of aromatic amines is 1. The van der Waals surface area contributed by atoms with Gasteiger partial charge >= 0.3 is 6.18 Å². The van der Waals surface area contributed by atoms with Crippen molar-refractivity contribution in [2.24, 2.45) is 0 Å². The fourth-order valence-corrected chi connectivity index (χ4v) is 1.41. The molecular weight excluding hydrogens is 261 g/mol. The van der Waals surface area contributed by atoms with E-state index in [0.29, 0.717) is 0 Å². The van der Waals surface area contributed by atoms with Gasteiger partial charge in [0.25, 0.3) is 5.91 Å². The van der Waals surface area contributed by atoms with E-state index in [4.69, 9.17) is 5.73 Å². The summed E-state index contributed by atoms with van der Waals surface area (Å²) in [6, 6.07) is 4.08. The minimum absolute atomic E-state index is 0.0555. The largest absolute Gasteiger partial charge is 0.416 e. The monoisotopic (exact) mass is 270 g/mol. The van der Waals surface area contributed by atoms with E-state index < -0.39 is 17.6 Å². The van der Waals surface area contributed by atoms with Crippen LogP contribution in [0.3, 0.4) is 0 Å². The van der Waals surface area contributed by atoms with Crippen LogP contribution in [-0.4, -0.2) is 16.1 Å². The van der Waals surface area contributed by atoms with Gasteiger partial charge in [-0.1, -0.05) is 0 Å². The van der Waals surface area contributed by atoms with Crippen molar-refractivity contribution in [2.45, 2.75) is 6.18 Å². The van der Waals surface area contributed by atoms with E-state index in [2.05, 4.69) is 15.5 Å². The normalized spacial score (nSPS) is 11.3. The molecule has 0 aliphatic carbocycles. The van der Waals surface area contributed by atoms with Crippen molar-refractivity contribution < 1.29 is 18.0 Å². The molecule has 1 aromatic carbocycles. The van der Waals surface area contributed by atoms with Gasteiger partial charge in [0.05, 0.1) is 17.4 Å². The van der Waals surface area contributed by atoms with Crippen LogP contribution in [0.5, 0.6) is 0 Å². The molecule has 0 saturated carbocycles. The Kier molecular flexibility index (Phi) is 3.16. The lowest BCUT2D eigenvalue weighted by molar-refractivity contribution is -0.137. The fourth-order valence-electron chi connectivity index (χ4n) is 1.41. The molecule has 19 heavy (non-hydrogen) atoms. The molecule has 5 nitrogen and oxygen atoms in total. The molecule has 0 radical (unpaired) electrons. The van der Waals surface area contributed by atoms with Gasteiger partial charge in [-0.05, 0) is 24.3 Å². The summed E-state index contributed by atoms with van der Waals surface area (Å²) in [6.07, 6.45) is -3.14. The first-order chi connectivity index (χ1) is 8.88. The molecular formula is C11H9F3N4O. The first kappa shape index (κ1) is 12.9. The number of nitrogens with one attached hydrogen (secondary N) is 2. The topological polar surface area (TPSA) is 83.8 Å². The van der Waals surface area contributed by atoms with Gasteiger partial charge in [0.15, 0.2) is 0 Å². The highest BCUT2D eigenvalue weighted by Gasteiger charge is 2.30. The first-order valence-electron chi connectivity index (χ1n) is 5.15. The van der Waals surface area contributed by atoms with Gasteiger partial charge in [0.1, 0.15) is 5.69 Å². The van der Waals surface area contributed by atoms with Crippen LogP contribution < -0.4 is 11.1 Å². The lowest BCUT2D eigenvalue weighted by Gasteiger charge is -2.08. The van der Waals surface area contributed by atoms with Crippen LogP contribution in [0, 0.1) is 0 Å². The number of nitrogens with two attached hydrogens (primary N) is 1. The van der Waals surface area contributed by atoms with Gasteiger partial charge < -0.3 is 11.1 Å². The predicted octanol–water partition coefficient (Wildman–Crippen LogP) is 2.26. The van der Waals surface area contributed by atoms with Crippen molar-refractivity contribution in [3.05, 3.63) is 41.7 Å². The van der Waals surface area contributed by atoms with Crippen LogP contribution in [0.25, 0.3) is 0 Å². The number of halogens is 3. The zero-order chi connectivity index (χ0) is 14.0. The molecule has 1 aromatic heterocycles. The van der Waals surface area contributed by atoms with Crippen molar-refractivity contribution in [3.8, 4) is 0 Å². The molecule has 0 bridgehead atoms. The van der Waals surface area contributed by atoms with E-state index in [-0.39, 0.29) is 17.1 Å². The lowest BCUT2D eigenvalue weighted by atomic mass is 10.2. The van der Waals surface area contributed by atoms with Crippen LogP contribution in [0.4, 0.5) is 24.5 Å². The molecule has 0 unspecified atom stereocenters. The summed E-state index contributed by atoms with van der Waals surface area (Å²) in [5.74, 6) is -0.574. The Labute approximate surface area is 105 Å². The van der Waals surface area contributed by atoms with Crippen LogP contribution in [0.2, 0.25) is 0 Å². The smallest absolute Gasteiger partial charge is 0.396 e. The maximum atomic E-state index is 12.3. The zero-order valence-corrected chi connectivity index (χ0v) is 9.45. The number of benzene rings is 1. The summed E-state index contributed by atoms with van der Waals surface area (Å²) < 4.78 is 37.0. The SMILES string of the molecule is Nc1cn[nH]c1C(=O)Nc1ccc(C(F)(F)F)cc1. The third-order valence-electron chi connectivity index (χ3n) is 2.37. The van der Waals surface area contributed by atoms with Crippen LogP contribution in [-0.2, 0) is 6.18 Å². The second kappa shape index (κ2) is 4.63. The highest BCUT2D eigenvalue weighted by atomic mass is 19.4. The molecule has 0 atom stereocenters. The Morgan fingerprint density at radius 3 is 2.37 bits per heavy atom. The number of carbonyl (C=O) groups excluding carboxylic acids is 1. The minimum atomic E-state index is -4.41. The van der Waals surface area contributed by atoms with Gasteiger partial charge in [0, 0.05) is 5.69 Å². The quantitative estimate of drug-likeness (QED) is 0.782.